The van der Waals surface area contributed by atoms with E-state index in [-0.39, 0.29) is 6.54 Å². The van der Waals surface area contributed by atoms with Crippen LogP contribution < -0.4 is 9.86 Å². The van der Waals surface area contributed by atoms with Crippen LogP contribution in [0.4, 0.5) is 0 Å². The Morgan fingerprint density at radius 2 is 2.42 bits per heavy atom. The van der Waals surface area contributed by atoms with Crippen LogP contribution in [0.25, 0.3) is 0 Å². The topological polar surface area (TPSA) is 90.0 Å². The minimum atomic E-state index is -3.61. The fraction of sp³-hybridized carbons (Fsp3) is 0.400. The van der Waals surface area contributed by atoms with Crippen LogP contribution in [-0.4, -0.2) is 18.0 Å². The summed E-state index contributed by atoms with van der Waals surface area (Å²) in [5.41, 5.74) is 0.754. The van der Waals surface area contributed by atoms with Gasteiger partial charge in [-0.1, -0.05) is 0 Å². The van der Waals surface area contributed by atoms with Gasteiger partial charge in [0.2, 0.25) is 0 Å². The lowest BCUT2D eigenvalue weighted by molar-refractivity contribution is 0.581. The second-order valence-electron chi connectivity index (χ2n) is 2.36. The Balaban J connectivity index is 2.61. The smallest absolute Gasteiger partial charge is 0.274 e. The first-order valence-electron chi connectivity index (χ1n) is 3.21. The van der Waals surface area contributed by atoms with Gasteiger partial charge in [0.05, 0.1) is 18.6 Å². The van der Waals surface area contributed by atoms with Gasteiger partial charge in [0.25, 0.3) is 10.2 Å². The Labute approximate surface area is 70.6 Å². The van der Waals surface area contributed by atoms with Crippen molar-refractivity contribution >= 4 is 10.2 Å². The van der Waals surface area contributed by atoms with Gasteiger partial charge in [-0.15, -0.1) is 0 Å². The summed E-state index contributed by atoms with van der Waals surface area (Å²) in [4.78, 5) is 3.81. The van der Waals surface area contributed by atoms with Crippen LogP contribution >= 0.6 is 0 Å². The molecule has 6 nitrogen and oxygen atoms in total. The highest BCUT2D eigenvalue weighted by Crippen LogP contribution is 1.94. The molecule has 0 bridgehead atoms. The molecule has 0 saturated heterocycles. The number of hydrogen-bond donors (Lipinski definition) is 2. The van der Waals surface area contributed by atoms with Gasteiger partial charge in [-0.05, 0) is 0 Å². The molecule has 0 aliphatic carbocycles. The fourth-order valence-electron chi connectivity index (χ4n) is 0.729. The van der Waals surface area contributed by atoms with Gasteiger partial charge >= 0.3 is 0 Å². The summed E-state index contributed by atoms with van der Waals surface area (Å²) < 4.78 is 24.8. The Morgan fingerprint density at radius 3 is 2.83 bits per heavy atom. The monoisotopic (exact) mass is 190 g/mol. The predicted molar refractivity (Wildman–Crippen MR) is 43.2 cm³/mol. The summed E-state index contributed by atoms with van der Waals surface area (Å²) in [5, 5.41) is 4.73. The molecule has 0 aromatic carbocycles. The van der Waals surface area contributed by atoms with Crippen LogP contribution in [-0.2, 0) is 23.8 Å². The molecule has 0 atom stereocenters. The van der Waals surface area contributed by atoms with Crippen LogP contribution in [0.15, 0.2) is 12.5 Å². The lowest BCUT2D eigenvalue weighted by Gasteiger charge is -2.01. The molecular weight excluding hydrogens is 180 g/mol. The largest absolute Gasteiger partial charge is 0.337 e. The molecular formula is C5H10N4O2S. The van der Waals surface area contributed by atoms with E-state index < -0.39 is 10.2 Å². The Hall–Kier alpha value is -0.920. The van der Waals surface area contributed by atoms with Gasteiger partial charge in [0.1, 0.15) is 0 Å². The first-order valence-corrected chi connectivity index (χ1v) is 4.76. The van der Waals surface area contributed by atoms with E-state index in [1.807, 2.05) is 0 Å². The highest BCUT2D eigenvalue weighted by Gasteiger charge is 2.03. The third kappa shape index (κ3) is 2.61. The maximum absolute atomic E-state index is 10.5. The van der Waals surface area contributed by atoms with E-state index in [9.17, 15) is 8.42 Å². The van der Waals surface area contributed by atoms with Crippen molar-refractivity contribution < 1.29 is 8.42 Å². The number of imidazole rings is 1. The third-order valence-electron chi connectivity index (χ3n) is 1.37. The zero-order valence-electron chi connectivity index (χ0n) is 6.56. The predicted octanol–water partition coefficient (Wildman–Crippen LogP) is -1.29. The summed E-state index contributed by atoms with van der Waals surface area (Å²) >= 11 is 0. The summed E-state index contributed by atoms with van der Waals surface area (Å²) in [6, 6.07) is 0. The normalized spacial score (nSPS) is 11.8. The molecule has 0 saturated carbocycles. The zero-order valence-corrected chi connectivity index (χ0v) is 7.37. The standard InChI is InChI=1S/C5H10N4O2S/c1-9-4-7-2-5(9)3-8-12(6,10)11/h2,4,8H,3H2,1H3,(H2,6,10,11). The maximum Gasteiger partial charge on any atom is 0.274 e. The maximum atomic E-state index is 10.5. The van der Waals surface area contributed by atoms with E-state index in [4.69, 9.17) is 5.14 Å². The van der Waals surface area contributed by atoms with Gasteiger partial charge in [-0.2, -0.15) is 13.1 Å². The average molecular weight is 190 g/mol. The number of hydrogen-bond acceptors (Lipinski definition) is 3. The van der Waals surface area contributed by atoms with Crippen molar-refractivity contribution in [2.24, 2.45) is 12.2 Å². The number of nitrogens with two attached hydrogens (primary N) is 1. The van der Waals surface area contributed by atoms with Crippen LogP contribution in [0, 0.1) is 0 Å². The molecule has 1 heterocycles. The molecule has 0 radical (unpaired) electrons. The molecule has 3 N–H and O–H groups in total. The van der Waals surface area contributed by atoms with Crippen molar-refractivity contribution in [3.63, 3.8) is 0 Å². The van der Waals surface area contributed by atoms with Crippen LogP contribution in [0.5, 0.6) is 0 Å². The Kier molecular flexibility index (Phi) is 2.46. The molecule has 0 unspecified atom stereocenters. The summed E-state index contributed by atoms with van der Waals surface area (Å²) in [7, 11) is -1.84. The lowest BCUT2D eigenvalue weighted by Crippen LogP contribution is -2.30. The summed E-state index contributed by atoms with van der Waals surface area (Å²) in [5.74, 6) is 0. The quantitative estimate of drug-likeness (QED) is 0.621. The van der Waals surface area contributed by atoms with Gasteiger partial charge in [0, 0.05) is 13.2 Å². The van der Waals surface area contributed by atoms with Gasteiger partial charge in [0.15, 0.2) is 0 Å². The van der Waals surface area contributed by atoms with Crippen LogP contribution in [0.1, 0.15) is 5.69 Å². The van der Waals surface area contributed by atoms with Crippen molar-refractivity contribution in [3.05, 3.63) is 18.2 Å². The van der Waals surface area contributed by atoms with E-state index in [0.717, 1.165) is 5.69 Å². The second-order valence-corrected chi connectivity index (χ2v) is 3.74. The molecule has 1 aromatic rings. The molecule has 0 amide bonds. The molecule has 7 heteroatoms. The Bertz CT molecular complexity index is 355. The van der Waals surface area contributed by atoms with Gasteiger partial charge in [-0.25, -0.2) is 10.1 Å². The average Bonchev–Trinajstić information content (AvgIpc) is 2.29. The molecule has 68 valence electrons. The molecule has 0 fully saturated rings. The molecule has 0 aliphatic rings. The minimum Gasteiger partial charge on any atom is -0.337 e. The van der Waals surface area contributed by atoms with Crippen molar-refractivity contribution in [3.8, 4) is 0 Å². The number of aryl methyl sites for hydroxylation is 1. The van der Waals surface area contributed by atoms with E-state index in [0.29, 0.717) is 0 Å². The Morgan fingerprint density at radius 1 is 1.75 bits per heavy atom. The molecule has 1 rings (SSSR count). The second kappa shape index (κ2) is 3.21. The zero-order chi connectivity index (χ0) is 9.19. The molecule has 1 aromatic heterocycles. The minimum absolute atomic E-state index is 0.162. The van der Waals surface area contributed by atoms with Crippen molar-refractivity contribution in [1.82, 2.24) is 14.3 Å². The summed E-state index contributed by atoms with van der Waals surface area (Å²) in [6.45, 7) is 0.162. The third-order valence-corrected chi connectivity index (χ3v) is 1.92. The molecule has 0 aliphatic heterocycles. The number of nitrogens with zero attached hydrogens (tertiary/aromatic N) is 2. The van der Waals surface area contributed by atoms with Crippen molar-refractivity contribution in [2.45, 2.75) is 6.54 Å². The van der Waals surface area contributed by atoms with E-state index >= 15 is 0 Å². The fourth-order valence-corrected chi connectivity index (χ4v) is 1.08. The SMILES string of the molecule is Cn1cncc1CNS(N)(=O)=O. The number of aromatic nitrogens is 2. The number of rotatable bonds is 3. The highest BCUT2D eigenvalue weighted by molar-refractivity contribution is 7.87. The van der Waals surface area contributed by atoms with Gasteiger partial charge in [-0.3, -0.25) is 0 Å². The van der Waals surface area contributed by atoms with Gasteiger partial charge < -0.3 is 4.57 Å². The van der Waals surface area contributed by atoms with Crippen LogP contribution in [0.3, 0.4) is 0 Å². The lowest BCUT2D eigenvalue weighted by atomic mass is 10.5. The van der Waals surface area contributed by atoms with Crippen molar-refractivity contribution in [1.29, 1.82) is 0 Å². The molecule has 0 spiro atoms. The van der Waals surface area contributed by atoms with Crippen LogP contribution in [0.2, 0.25) is 0 Å². The number of nitrogens with one attached hydrogen (secondary N) is 1. The van der Waals surface area contributed by atoms with E-state index in [1.54, 1.807) is 24.1 Å². The van der Waals surface area contributed by atoms with Crippen molar-refractivity contribution in [2.75, 3.05) is 0 Å². The first kappa shape index (κ1) is 9.17. The first-order chi connectivity index (χ1) is 5.49. The summed E-state index contributed by atoms with van der Waals surface area (Å²) in [6.07, 6.45) is 3.15. The molecule has 12 heavy (non-hydrogen) atoms. The highest BCUT2D eigenvalue weighted by atomic mass is 32.2. The van der Waals surface area contributed by atoms with E-state index in [2.05, 4.69) is 9.71 Å². The van der Waals surface area contributed by atoms with E-state index in [1.165, 1.54) is 0 Å².